The predicted octanol–water partition coefficient (Wildman–Crippen LogP) is 7.67. The van der Waals surface area contributed by atoms with Crippen molar-refractivity contribution in [1.29, 1.82) is 0 Å². The molecule has 0 saturated carbocycles. The molecule has 4 N–H and O–H groups in total. The maximum atomic E-state index is 15.2. The molecule has 1 unspecified atom stereocenters. The molecule has 0 aliphatic carbocycles. The van der Waals surface area contributed by atoms with Crippen LogP contribution in [0.1, 0.15) is 26.3 Å². The molecule has 2 heterocycles. The van der Waals surface area contributed by atoms with E-state index in [1.807, 2.05) is 0 Å². The summed E-state index contributed by atoms with van der Waals surface area (Å²) in [5.41, 5.74) is 1.59. The second-order valence-electron chi connectivity index (χ2n) is 12.1. The first kappa shape index (κ1) is 36.8. The summed E-state index contributed by atoms with van der Waals surface area (Å²) in [5.74, 6) is -2.44. The van der Waals surface area contributed by atoms with Gasteiger partial charge in [0, 0.05) is 29.4 Å². The molecule has 1 atom stereocenters. The van der Waals surface area contributed by atoms with Crippen LogP contribution in [0.2, 0.25) is 0 Å². The molecule has 0 fully saturated rings. The van der Waals surface area contributed by atoms with Gasteiger partial charge in [-0.1, -0.05) is 23.4 Å². The topological polar surface area (TPSA) is 178 Å². The van der Waals surface area contributed by atoms with E-state index in [1.54, 1.807) is 51.1 Å². The van der Waals surface area contributed by atoms with E-state index in [9.17, 15) is 32.7 Å². The van der Waals surface area contributed by atoms with Gasteiger partial charge < -0.3 is 24.4 Å². The number of anilines is 2. The Bertz CT molecular complexity index is 2050. The minimum atomic E-state index is -4.82. The molecule has 0 aliphatic heterocycles. The molecule has 0 spiro atoms. The number of hydrogen-bond acceptors (Lipinski definition) is 9. The van der Waals surface area contributed by atoms with E-state index in [4.69, 9.17) is 9.26 Å². The van der Waals surface area contributed by atoms with Crippen molar-refractivity contribution in [2.45, 2.75) is 45.2 Å². The summed E-state index contributed by atoms with van der Waals surface area (Å²) in [6, 6.07) is 16.1. The monoisotopic (exact) mass is 722 g/mol. The lowest BCUT2D eigenvalue weighted by Crippen LogP contribution is -2.44. The van der Waals surface area contributed by atoms with Crippen molar-refractivity contribution in [2.24, 2.45) is 0 Å². The number of amides is 3. The van der Waals surface area contributed by atoms with Gasteiger partial charge in [0.25, 0.3) is 5.89 Å². The first-order valence-corrected chi connectivity index (χ1v) is 15.4. The Labute approximate surface area is 293 Å². The van der Waals surface area contributed by atoms with Crippen LogP contribution in [0.15, 0.2) is 89.6 Å². The maximum Gasteiger partial charge on any atom is 0.573 e. The third kappa shape index (κ3) is 10.3. The molecule has 0 saturated heterocycles. The summed E-state index contributed by atoms with van der Waals surface area (Å²) in [4.78, 5) is 44.9. The number of carbonyl (C=O) groups excluding carboxylic acids is 2. The van der Waals surface area contributed by atoms with Gasteiger partial charge in [-0.25, -0.2) is 23.8 Å². The number of alkyl halides is 3. The lowest BCUT2D eigenvalue weighted by atomic mass is 10.0. The van der Waals surface area contributed by atoms with Gasteiger partial charge in [0.2, 0.25) is 5.82 Å². The van der Waals surface area contributed by atoms with Crippen LogP contribution < -0.4 is 20.7 Å². The number of ether oxygens (including phenoxy) is 2. The van der Waals surface area contributed by atoms with Gasteiger partial charge in [0.15, 0.2) is 0 Å². The number of carboxylic acids is 1. The van der Waals surface area contributed by atoms with Crippen LogP contribution in [-0.2, 0) is 16.0 Å². The minimum absolute atomic E-state index is 0.0142. The van der Waals surface area contributed by atoms with Crippen LogP contribution in [0.3, 0.4) is 0 Å². The zero-order valence-electron chi connectivity index (χ0n) is 27.6. The number of nitrogens with one attached hydrogen (secondary N) is 3. The van der Waals surface area contributed by atoms with E-state index >= 15 is 4.39 Å². The van der Waals surface area contributed by atoms with Crippen LogP contribution in [0.5, 0.6) is 5.75 Å². The quantitative estimate of drug-likeness (QED) is 0.105. The number of aromatic nitrogens is 3. The van der Waals surface area contributed by atoms with Crippen molar-refractivity contribution >= 4 is 29.6 Å². The third-order valence-electron chi connectivity index (χ3n) is 6.95. The number of rotatable bonds is 10. The van der Waals surface area contributed by atoms with Gasteiger partial charge in [-0.05, 0) is 92.6 Å². The molecule has 0 bridgehead atoms. The highest BCUT2D eigenvalue weighted by molar-refractivity contribution is 5.91. The molecule has 3 amide bonds. The molecular weight excluding hydrogens is 692 g/mol. The number of carboxylic acid groups (broad SMARTS) is 1. The van der Waals surface area contributed by atoms with Crippen LogP contribution in [-0.4, -0.2) is 56.3 Å². The van der Waals surface area contributed by atoms with Crippen LogP contribution in [0.4, 0.5) is 38.7 Å². The van der Waals surface area contributed by atoms with Gasteiger partial charge in [0.05, 0.1) is 5.56 Å². The Morgan fingerprint density at radius 3 is 2.15 bits per heavy atom. The van der Waals surface area contributed by atoms with Gasteiger partial charge in [0.1, 0.15) is 29.0 Å². The molecular formula is C35H30F4N6O7. The fourth-order valence-corrected chi connectivity index (χ4v) is 4.67. The van der Waals surface area contributed by atoms with E-state index in [0.717, 1.165) is 18.2 Å². The first-order chi connectivity index (χ1) is 24.5. The molecule has 0 radical (unpaired) electrons. The Hall–Kier alpha value is -6.52. The lowest BCUT2D eigenvalue weighted by molar-refractivity contribution is -0.274. The molecule has 17 heteroatoms. The second-order valence-corrected chi connectivity index (χ2v) is 12.1. The number of hydrogen-bond donors (Lipinski definition) is 4. The molecule has 2 aromatic heterocycles. The van der Waals surface area contributed by atoms with Gasteiger partial charge in [-0.3, -0.25) is 10.6 Å². The number of pyridine rings is 1. The summed E-state index contributed by atoms with van der Waals surface area (Å²) in [6.45, 7) is 5.23. The standard InChI is InChI=1S/C35H30F4N6O7/c1-34(2,3)51-33(49)41-23-10-5-21(6-11-23)30-44-29(45-52-30)25-14-4-19(16-26(25)36)17-27(31(46)47)42-32(48)43-28-15-9-22(18-40-28)20-7-12-24(13-8-20)50-35(37,38)39/h4-16,18,27H,17H2,1-3H3,(H,41,49)(H,46,47)(H2,40,42,43,48). The number of urea groups is 1. The van der Waals surface area contributed by atoms with E-state index < -0.39 is 41.9 Å². The first-order valence-electron chi connectivity index (χ1n) is 15.4. The Morgan fingerprint density at radius 1 is 0.885 bits per heavy atom. The van der Waals surface area contributed by atoms with Gasteiger partial charge in [-0.2, -0.15) is 4.98 Å². The highest BCUT2D eigenvalue weighted by Crippen LogP contribution is 2.28. The molecule has 5 rings (SSSR count). The fraction of sp³-hybridized carbons (Fsp3) is 0.200. The van der Waals surface area contributed by atoms with E-state index in [0.29, 0.717) is 22.4 Å². The number of carbonyl (C=O) groups is 3. The minimum Gasteiger partial charge on any atom is -0.480 e. The molecule has 3 aromatic carbocycles. The zero-order chi connectivity index (χ0) is 37.6. The molecule has 13 nitrogen and oxygen atoms in total. The number of nitrogens with zero attached hydrogens (tertiary/aromatic N) is 3. The van der Waals surface area contributed by atoms with E-state index in [2.05, 4.69) is 35.8 Å². The van der Waals surface area contributed by atoms with Crippen molar-refractivity contribution in [3.05, 3.63) is 96.4 Å². The smallest absolute Gasteiger partial charge is 0.480 e. The molecule has 5 aromatic rings. The zero-order valence-corrected chi connectivity index (χ0v) is 27.6. The predicted molar refractivity (Wildman–Crippen MR) is 179 cm³/mol. The normalized spacial score (nSPS) is 12.1. The lowest BCUT2D eigenvalue weighted by Gasteiger charge is -2.19. The average molecular weight is 723 g/mol. The van der Waals surface area contributed by atoms with Crippen molar-refractivity contribution in [3.8, 4) is 39.7 Å². The van der Waals surface area contributed by atoms with Crippen molar-refractivity contribution in [3.63, 3.8) is 0 Å². The molecule has 270 valence electrons. The van der Waals surface area contributed by atoms with Gasteiger partial charge >= 0.3 is 24.5 Å². The highest BCUT2D eigenvalue weighted by Gasteiger charge is 2.31. The largest absolute Gasteiger partial charge is 0.573 e. The van der Waals surface area contributed by atoms with Crippen molar-refractivity contribution in [1.82, 2.24) is 20.4 Å². The van der Waals surface area contributed by atoms with Gasteiger partial charge in [-0.15, -0.1) is 13.2 Å². The molecule has 52 heavy (non-hydrogen) atoms. The maximum absolute atomic E-state index is 15.2. The van der Waals surface area contributed by atoms with Crippen molar-refractivity contribution < 1.29 is 51.0 Å². The van der Waals surface area contributed by atoms with Crippen molar-refractivity contribution in [2.75, 3.05) is 10.6 Å². The SMILES string of the molecule is CC(C)(C)OC(=O)Nc1ccc(-c2nc(-c3ccc(CC(NC(=O)Nc4ccc(-c5ccc(OC(F)(F)F)cc5)cn4)C(=O)O)cc3F)no2)cc1. The third-order valence-corrected chi connectivity index (χ3v) is 6.95. The summed E-state index contributed by atoms with van der Waals surface area (Å²) in [7, 11) is 0. The molecule has 0 aliphatic rings. The number of aliphatic carboxylic acids is 1. The summed E-state index contributed by atoms with van der Waals surface area (Å²) >= 11 is 0. The highest BCUT2D eigenvalue weighted by atomic mass is 19.4. The van der Waals surface area contributed by atoms with E-state index in [-0.39, 0.29) is 40.8 Å². The average Bonchev–Trinajstić information content (AvgIpc) is 3.54. The van der Waals surface area contributed by atoms with Crippen LogP contribution >= 0.6 is 0 Å². The second kappa shape index (κ2) is 15.2. The Morgan fingerprint density at radius 2 is 1.56 bits per heavy atom. The Balaban J connectivity index is 1.17. The van der Waals surface area contributed by atoms with E-state index in [1.165, 1.54) is 36.5 Å². The summed E-state index contributed by atoms with van der Waals surface area (Å²) in [5, 5.41) is 20.9. The number of benzene rings is 3. The van der Waals surface area contributed by atoms with Crippen LogP contribution in [0.25, 0.3) is 34.0 Å². The Kier molecular flexibility index (Phi) is 10.7. The summed E-state index contributed by atoms with van der Waals surface area (Å²) < 4.78 is 66.8. The fourth-order valence-electron chi connectivity index (χ4n) is 4.67. The van der Waals surface area contributed by atoms with Crippen LogP contribution in [0, 0.1) is 5.82 Å². The number of halogens is 4. The summed E-state index contributed by atoms with van der Waals surface area (Å²) in [6.07, 6.45) is -4.35.